The van der Waals surface area contributed by atoms with E-state index in [1.165, 1.54) is 18.2 Å². The smallest absolute Gasteiger partial charge is 0.251 e. The fourth-order valence-electron chi connectivity index (χ4n) is 1.03. The van der Waals surface area contributed by atoms with Gasteiger partial charge in [0.25, 0.3) is 5.91 Å². The molecule has 0 aromatic heterocycles. The lowest BCUT2D eigenvalue weighted by Crippen LogP contribution is -2.30. The van der Waals surface area contributed by atoms with Gasteiger partial charge >= 0.3 is 0 Å². The first-order valence-corrected chi connectivity index (χ1v) is 4.42. The largest absolute Gasteiger partial charge is 0.351 e. The van der Waals surface area contributed by atoms with Gasteiger partial charge in [-0.3, -0.25) is 4.79 Å². The van der Waals surface area contributed by atoms with E-state index in [9.17, 15) is 9.18 Å². The second-order valence-corrected chi connectivity index (χ2v) is 2.87. The lowest BCUT2D eigenvalue weighted by atomic mass is 10.2. The number of amides is 1. The predicted octanol–water partition coefficient (Wildman–Crippen LogP) is 1.20. The summed E-state index contributed by atoms with van der Waals surface area (Å²) in [7, 11) is 1.80. The van der Waals surface area contributed by atoms with Crippen LogP contribution in [-0.4, -0.2) is 26.0 Å². The summed E-state index contributed by atoms with van der Waals surface area (Å²) in [6, 6.07) is 5.62. The highest BCUT2D eigenvalue weighted by Crippen LogP contribution is 2.02. The second kappa shape index (κ2) is 7.20. The molecule has 0 heterocycles. The zero-order valence-corrected chi connectivity index (χ0v) is 9.23. The van der Waals surface area contributed by atoms with Crippen LogP contribution in [0.25, 0.3) is 0 Å². The Hall–Kier alpha value is -1.13. The highest BCUT2D eigenvalue weighted by molar-refractivity contribution is 5.94. The SMILES string of the molecule is CNCCNC(=O)c1cccc(F)c1.Cl. The average Bonchev–Trinajstić information content (AvgIpc) is 2.18. The molecule has 1 amide bonds. The van der Waals surface area contributed by atoms with Crippen LogP contribution in [-0.2, 0) is 0 Å². The number of benzene rings is 1. The Balaban J connectivity index is 0.00000196. The first-order valence-electron chi connectivity index (χ1n) is 4.42. The van der Waals surface area contributed by atoms with Crippen molar-refractivity contribution in [3.63, 3.8) is 0 Å². The van der Waals surface area contributed by atoms with Gasteiger partial charge in [0.15, 0.2) is 0 Å². The average molecular weight is 233 g/mol. The van der Waals surface area contributed by atoms with Crippen LogP contribution in [0.4, 0.5) is 4.39 Å². The summed E-state index contributed by atoms with van der Waals surface area (Å²) in [6.07, 6.45) is 0. The summed E-state index contributed by atoms with van der Waals surface area (Å²) >= 11 is 0. The molecule has 0 radical (unpaired) electrons. The molecular formula is C10H14ClFN2O. The third-order valence-corrected chi connectivity index (χ3v) is 1.75. The fourth-order valence-corrected chi connectivity index (χ4v) is 1.03. The van der Waals surface area contributed by atoms with E-state index in [-0.39, 0.29) is 18.3 Å². The van der Waals surface area contributed by atoms with Gasteiger partial charge in [-0.25, -0.2) is 4.39 Å². The van der Waals surface area contributed by atoms with Crippen molar-refractivity contribution in [2.24, 2.45) is 0 Å². The summed E-state index contributed by atoms with van der Waals surface area (Å²) < 4.78 is 12.7. The van der Waals surface area contributed by atoms with E-state index in [1.54, 1.807) is 13.1 Å². The second-order valence-electron chi connectivity index (χ2n) is 2.87. The highest BCUT2D eigenvalue weighted by atomic mass is 35.5. The van der Waals surface area contributed by atoms with Crippen LogP contribution < -0.4 is 10.6 Å². The number of rotatable bonds is 4. The van der Waals surface area contributed by atoms with Crippen LogP contribution >= 0.6 is 12.4 Å². The van der Waals surface area contributed by atoms with Gasteiger partial charge in [-0.2, -0.15) is 0 Å². The number of hydrogen-bond donors (Lipinski definition) is 2. The Bertz CT molecular complexity index is 320. The molecule has 0 bridgehead atoms. The van der Waals surface area contributed by atoms with Gasteiger partial charge in [-0.15, -0.1) is 12.4 Å². The van der Waals surface area contributed by atoms with E-state index in [1.807, 2.05) is 0 Å². The number of carbonyl (C=O) groups excluding carboxylic acids is 1. The maximum atomic E-state index is 12.7. The van der Waals surface area contributed by atoms with Crippen LogP contribution in [0.3, 0.4) is 0 Å². The summed E-state index contributed by atoms with van der Waals surface area (Å²) in [4.78, 5) is 11.4. The van der Waals surface area contributed by atoms with Gasteiger partial charge in [0, 0.05) is 18.7 Å². The Morgan fingerprint density at radius 2 is 2.13 bits per heavy atom. The van der Waals surface area contributed by atoms with Crippen molar-refractivity contribution in [2.45, 2.75) is 0 Å². The van der Waals surface area contributed by atoms with Crippen molar-refractivity contribution in [3.05, 3.63) is 35.6 Å². The lowest BCUT2D eigenvalue weighted by molar-refractivity contribution is 0.0953. The van der Waals surface area contributed by atoms with Gasteiger partial charge in [-0.05, 0) is 25.2 Å². The van der Waals surface area contributed by atoms with E-state index in [2.05, 4.69) is 10.6 Å². The van der Waals surface area contributed by atoms with Crippen molar-refractivity contribution >= 4 is 18.3 Å². The minimum Gasteiger partial charge on any atom is -0.351 e. The van der Waals surface area contributed by atoms with Crippen LogP contribution in [0.2, 0.25) is 0 Å². The van der Waals surface area contributed by atoms with Gasteiger partial charge in [0.2, 0.25) is 0 Å². The van der Waals surface area contributed by atoms with Crippen molar-refractivity contribution in [1.82, 2.24) is 10.6 Å². The van der Waals surface area contributed by atoms with E-state index < -0.39 is 5.82 Å². The Morgan fingerprint density at radius 1 is 1.40 bits per heavy atom. The number of carbonyl (C=O) groups is 1. The predicted molar refractivity (Wildman–Crippen MR) is 59.9 cm³/mol. The maximum absolute atomic E-state index is 12.7. The highest BCUT2D eigenvalue weighted by Gasteiger charge is 2.04. The molecule has 0 aliphatic carbocycles. The minimum atomic E-state index is -0.397. The Morgan fingerprint density at radius 3 is 2.73 bits per heavy atom. The van der Waals surface area contributed by atoms with Crippen molar-refractivity contribution in [2.75, 3.05) is 20.1 Å². The molecule has 84 valence electrons. The van der Waals surface area contributed by atoms with Crippen LogP contribution in [0.1, 0.15) is 10.4 Å². The molecule has 2 N–H and O–H groups in total. The zero-order chi connectivity index (χ0) is 10.4. The van der Waals surface area contributed by atoms with Crippen molar-refractivity contribution < 1.29 is 9.18 Å². The molecule has 15 heavy (non-hydrogen) atoms. The summed E-state index contributed by atoms with van der Waals surface area (Å²) in [5.74, 6) is -0.647. The third kappa shape index (κ3) is 4.76. The zero-order valence-electron chi connectivity index (χ0n) is 8.42. The van der Waals surface area contributed by atoms with E-state index in [0.717, 1.165) is 0 Å². The van der Waals surface area contributed by atoms with E-state index in [4.69, 9.17) is 0 Å². The summed E-state index contributed by atoms with van der Waals surface area (Å²) in [6.45, 7) is 1.23. The molecular weight excluding hydrogens is 219 g/mol. The molecule has 1 aromatic rings. The van der Waals surface area contributed by atoms with Gasteiger partial charge < -0.3 is 10.6 Å². The number of nitrogens with one attached hydrogen (secondary N) is 2. The van der Waals surface area contributed by atoms with Gasteiger partial charge in [0.05, 0.1) is 0 Å². The molecule has 0 aliphatic rings. The monoisotopic (exact) mass is 232 g/mol. The molecule has 0 spiro atoms. The standard InChI is InChI=1S/C10H13FN2O.ClH/c1-12-5-6-13-10(14)8-3-2-4-9(11)7-8;/h2-4,7,12H,5-6H2,1H3,(H,13,14);1H. The first-order chi connectivity index (χ1) is 6.74. The molecule has 5 heteroatoms. The third-order valence-electron chi connectivity index (χ3n) is 1.75. The fraction of sp³-hybridized carbons (Fsp3) is 0.300. The number of hydrogen-bond acceptors (Lipinski definition) is 2. The lowest BCUT2D eigenvalue weighted by Gasteiger charge is -2.04. The number of likely N-dealkylation sites (N-methyl/N-ethyl adjacent to an activating group) is 1. The molecule has 0 atom stereocenters. The molecule has 0 fully saturated rings. The van der Waals surface area contributed by atoms with Crippen molar-refractivity contribution in [3.8, 4) is 0 Å². The van der Waals surface area contributed by atoms with Crippen molar-refractivity contribution in [1.29, 1.82) is 0 Å². The first kappa shape index (κ1) is 13.9. The minimum absolute atomic E-state index is 0. The molecule has 0 saturated carbocycles. The molecule has 0 saturated heterocycles. The molecule has 1 aromatic carbocycles. The quantitative estimate of drug-likeness (QED) is 0.766. The van der Waals surface area contributed by atoms with Crippen LogP contribution in [0.5, 0.6) is 0 Å². The summed E-state index contributed by atoms with van der Waals surface area (Å²) in [5.41, 5.74) is 0.348. The molecule has 1 rings (SSSR count). The van der Waals surface area contributed by atoms with E-state index in [0.29, 0.717) is 18.7 Å². The maximum Gasteiger partial charge on any atom is 0.251 e. The molecule has 3 nitrogen and oxygen atoms in total. The molecule has 0 unspecified atom stereocenters. The Labute approximate surface area is 94.5 Å². The van der Waals surface area contributed by atoms with Gasteiger partial charge in [0.1, 0.15) is 5.82 Å². The summed E-state index contributed by atoms with van der Waals surface area (Å²) in [5, 5.41) is 5.56. The van der Waals surface area contributed by atoms with Gasteiger partial charge in [-0.1, -0.05) is 6.07 Å². The topological polar surface area (TPSA) is 41.1 Å². The Kier molecular flexibility index (Phi) is 6.66. The van der Waals surface area contributed by atoms with E-state index >= 15 is 0 Å². The van der Waals surface area contributed by atoms with Crippen LogP contribution in [0, 0.1) is 5.82 Å². The van der Waals surface area contributed by atoms with Crippen LogP contribution in [0.15, 0.2) is 24.3 Å². The number of halogens is 2. The molecule has 0 aliphatic heterocycles. The normalized spacial score (nSPS) is 9.20.